The molecule has 0 amide bonds. The van der Waals surface area contributed by atoms with Crippen molar-refractivity contribution in [1.29, 1.82) is 0 Å². The molecule has 0 aliphatic carbocycles. The number of hydrogen-bond donors (Lipinski definition) is 1. The van der Waals surface area contributed by atoms with Crippen molar-refractivity contribution in [1.82, 2.24) is 0 Å². The van der Waals surface area contributed by atoms with Crippen LogP contribution in [0.1, 0.15) is 22.8 Å². The van der Waals surface area contributed by atoms with Crippen molar-refractivity contribution in [2.75, 3.05) is 5.48 Å². The Morgan fingerprint density at radius 1 is 1.06 bits per heavy atom. The summed E-state index contributed by atoms with van der Waals surface area (Å²) >= 11 is 0. The van der Waals surface area contributed by atoms with Crippen LogP contribution in [0.5, 0.6) is 0 Å². The van der Waals surface area contributed by atoms with Crippen LogP contribution in [-0.4, -0.2) is 5.78 Å². The topological polar surface area (TPSA) is 38.3 Å². The minimum absolute atomic E-state index is 0.0152. The molecule has 0 radical (unpaired) electrons. The van der Waals surface area contributed by atoms with Gasteiger partial charge in [0.25, 0.3) is 0 Å². The average Bonchev–Trinajstić information content (AvgIpc) is 2.40. The van der Waals surface area contributed by atoms with Gasteiger partial charge in [0.2, 0.25) is 0 Å². The molecule has 1 N–H and O–H groups in total. The third kappa shape index (κ3) is 3.18. The summed E-state index contributed by atoms with van der Waals surface area (Å²) in [7, 11) is 0. The molecular weight excluding hydrogens is 226 g/mol. The van der Waals surface area contributed by atoms with Gasteiger partial charge in [0.05, 0.1) is 12.3 Å². The number of hydrogen-bond acceptors (Lipinski definition) is 3. The summed E-state index contributed by atoms with van der Waals surface area (Å²) in [4.78, 5) is 16.8. The largest absolute Gasteiger partial charge is 0.294 e. The fraction of sp³-hybridized carbons (Fsp3) is 0.133. The first-order chi connectivity index (χ1) is 8.77. The van der Waals surface area contributed by atoms with Crippen molar-refractivity contribution in [3.63, 3.8) is 0 Å². The second-order valence-corrected chi connectivity index (χ2v) is 3.98. The summed E-state index contributed by atoms with van der Waals surface area (Å²) in [5, 5.41) is 0. The van der Waals surface area contributed by atoms with Crippen LogP contribution in [0.2, 0.25) is 0 Å². The molecule has 2 aromatic rings. The van der Waals surface area contributed by atoms with E-state index in [1.54, 1.807) is 6.07 Å². The molecule has 0 saturated carbocycles. The molecule has 0 atom stereocenters. The second-order valence-electron chi connectivity index (χ2n) is 3.98. The Morgan fingerprint density at radius 2 is 1.72 bits per heavy atom. The van der Waals surface area contributed by atoms with Crippen molar-refractivity contribution in [2.45, 2.75) is 13.5 Å². The molecule has 2 aromatic carbocycles. The SMILES string of the molecule is CC(=O)c1ccccc1NOCc1ccccc1. The average molecular weight is 241 g/mol. The third-order valence-corrected chi connectivity index (χ3v) is 2.57. The summed E-state index contributed by atoms with van der Waals surface area (Å²) in [6, 6.07) is 17.1. The zero-order chi connectivity index (χ0) is 12.8. The predicted molar refractivity (Wildman–Crippen MR) is 71.3 cm³/mol. The van der Waals surface area contributed by atoms with Crippen molar-refractivity contribution >= 4 is 11.5 Å². The van der Waals surface area contributed by atoms with Gasteiger partial charge in [0.15, 0.2) is 5.78 Å². The maximum Gasteiger partial charge on any atom is 0.161 e. The Hall–Kier alpha value is -2.13. The van der Waals surface area contributed by atoms with E-state index in [2.05, 4.69) is 5.48 Å². The second kappa shape index (κ2) is 5.98. The summed E-state index contributed by atoms with van der Waals surface area (Å²) in [6.07, 6.45) is 0. The van der Waals surface area contributed by atoms with E-state index >= 15 is 0 Å². The summed E-state index contributed by atoms with van der Waals surface area (Å²) in [5.41, 5.74) is 5.22. The molecule has 0 fully saturated rings. The van der Waals surface area contributed by atoms with Crippen LogP contribution in [0.15, 0.2) is 54.6 Å². The van der Waals surface area contributed by atoms with Gasteiger partial charge in [-0.1, -0.05) is 42.5 Å². The lowest BCUT2D eigenvalue weighted by atomic mass is 10.1. The molecule has 0 saturated heterocycles. The molecule has 0 spiro atoms. The molecule has 0 aromatic heterocycles. The van der Waals surface area contributed by atoms with Crippen LogP contribution in [0.4, 0.5) is 5.69 Å². The third-order valence-electron chi connectivity index (χ3n) is 2.57. The van der Waals surface area contributed by atoms with Crippen LogP contribution < -0.4 is 5.48 Å². The zero-order valence-electron chi connectivity index (χ0n) is 10.2. The van der Waals surface area contributed by atoms with E-state index in [9.17, 15) is 4.79 Å². The molecule has 0 heterocycles. The predicted octanol–water partition coefficient (Wildman–Crippen LogP) is 3.43. The number of ketones is 1. The van der Waals surface area contributed by atoms with E-state index in [4.69, 9.17) is 4.84 Å². The smallest absolute Gasteiger partial charge is 0.161 e. The standard InChI is InChI=1S/C15H15NO2/c1-12(17)14-9-5-6-10-15(14)16-18-11-13-7-3-2-4-8-13/h2-10,16H,11H2,1H3. The van der Waals surface area contributed by atoms with Crippen molar-refractivity contribution in [2.24, 2.45) is 0 Å². The van der Waals surface area contributed by atoms with Gasteiger partial charge in [-0.3, -0.25) is 15.1 Å². The lowest BCUT2D eigenvalue weighted by Gasteiger charge is -2.10. The van der Waals surface area contributed by atoms with Crippen LogP contribution in [0, 0.1) is 0 Å². The first-order valence-electron chi connectivity index (χ1n) is 5.79. The van der Waals surface area contributed by atoms with E-state index in [0.29, 0.717) is 17.9 Å². The van der Waals surface area contributed by atoms with E-state index in [1.807, 2.05) is 48.5 Å². The van der Waals surface area contributed by atoms with Gasteiger partial charge < -0.3 is 0 Å². The normalized spacial score (nSPS) is 10.1. The van der Waals surface area contributed by atoms with Crippen LogP contribution in [0.25, 0.3) is 0 Å². The Bertz CT molecular complexity index is 523. The highest BCUT2D eigenvalue weighted by Gasteiger charge is 2.05. The minimum Gasteiger partial charge on any atom is -0.294 e. The molecule has 0 aliphatic rings. The summed E-state index contributed by atoms with van der Waals surface area (Å²) < 4.78 is 0. The highest BCUT2D eigenvalue weighted by molar-refractivity contribution is 5.99. The van der Waals surface area contributed by atoms with Gasteiger partial charge in [0.1, 0.15) is 0 Å². The quantitative estimate of drug-likeness (QED) is 0.643. The number of anilines is 1. The monoisotopic (exact) mass is 241 g/mol. The maximum absolute atomic E-state index is 11.4. The number of carbonyl (C=O) groups is 1. The number of benzene rings is 2. The molecule has 3 nitrogen and oxygen atoms in total. The fourth-order valence-corrected chi connectivity index (χ4v) is 1.65. The number of carbonyl (C=O) groups excluding carboxylic acids is 1. The summed E-state index contributed by atoms with van der Waals surface area (Å²) in [6.45, 7) is 1.99. The highest BCUT2D eigenvalue weighted by atomic mass is 16.6. The molecule has 0 unspecified atom stereocenters. The first-order valence-corrected chi connectivity index (χ1v) is 5.79. The van der Waals surface area contributed by atoms with Gasteiger partial charge in [-0.25, -0.2) is 0 Å². The van der Waals surface area contributed by atoms with E-state index in [-0.39, 0.29) is 5.78 Å². The van der Waals surface area contributed by atoms with Gasteiger partial charge in [0, 0.05) is 5.56 Å². The number of rotatable bonds is 5. The molecule has 18 heavy (non-hydrogen) atoms. The molecule has 92 valence electrons. The Morgan fingerprint density at radius 3 is 2.44 bits per heavy atom. The van der Waals surface area contributed by atoms with Gasteiger partial charge in [-0.15, -0.1) is 0 Å². The Kier molecular flexibility index (Phi) is 4.10. The summed E-state index contributed by atoms with van der Waals surface area (Å²) in [5.74, 6) is 0.0152. The van der Waals surface area contributed by atoms with Crippen molar-refractivity contribution in [3.05, 3.63) is 65.7 Å². The van der Waals surface area contributed by atoms with Crippen molar-refractivity contribution < 1.29 is 9.63 Å². The van der Waals surface area contributed by atoms with E-state index in [0.717, 1.165) is 5.56 Å². The van der Waals surface area contributed by atoms with Gasteiger partial charge in [-0.05, 0) is 24.6 Å². The fourth-order valence-electron chi connectivity index (χ4n) is 1.65. The molecule has 0 bridgehead atoms. The van der Waals surface area contributed by atoms with Crippen LogP contribution in [0.3, 0.4) is 0 Å². The van der Waals surface area contributed by atoms with E-state index < -0.39 is 0 Å². The molecule has 0 aliphatic heterocycles. The van der Waals surface area contributed by atoms with Crippen LogP contribution in [-0.2, 0) is 11.4 Å². The number of Topliss-reactive ketones (excluding diaryl/α,β-unsaturated/α-hetero) is 1. The van der Waals surface area contributed by atoms with Crippen molar-refractivity contribution in [3.8, 4) is 0 Å². The first kappa shape index (κ1) is 12.3. The molecule has 3 heteroatoms. The van der Waals surface area contributed by atoms with Crippen LogP contribution >= 0.6 is 0 Å². The molecular formula is C15H15NO2. The highest BCUT2D eigenvalue weighted by Crippen LogP contribution is 2.15. The lowest BCUT2D eigenvalue weighted by Crippen LogP contribution is -2.05. The number of nitrogens with one attached hydrogen (secondary N) is 1. The van der Waals surface area contributed by atoms with E-state index in [1.165, 1.54) is 6.92 Å². The molecule has 2 rings (SSSR count). The Balaban J connectivity index is 1.97. The number of para-hydroxylation sites is 1. The van der Waals surface area contributed by atoms with Gasteiger partial charge in [-0.2, -0.15) is 0 Å². The Labute approximate surface area is 106 Å². The minimum atomic E-state index is 0.0152. The maximum atomic E-state index is 11.4. The zero-order valence-corrected chi connectivity index (χ0v) is 10.2. The lowest BCUT2D eigenvalue weighted by molar-refractivity contribution is 0.101. The van der Waals surface area contributed by atoms with Gasteiger partial charge >= 0.3 is 0 Å².